The Bertz CT molecular complexity index is 772. The second-order valence-electron chi connectivity index (χ2n) is 7.35. The molecule has 0 bridgehead atoms. The molecule has 1 atom stereocenters. The Balaban J connectivity index is 0.00000320. The molecule has 0 saturated carbocycles. The summed E-state index contributed by atoms with van der Waals surface area (Å²) in [6, 6.07) is 9.97. The second kappa shape index (κ2) is 12.6. The van der Waals surface area contributed by atoms with Gasteiger partial charge in [0.25, 0.3) is 5.91 Å². The summed E-state index contributed by atoms with van der Waals surface area (Å²) in [5.41, 5.74) is 1.42. The number of benzene rings is 1. The molecule has 8 heteroatoms. The van der Waals surface area contributed by atoms with E-state index in [0.717, 1.165) is 56.9 Å². The average molecular weight is 436 g/mol. The number of nitrogens with one attached hydrogen (secondary N) is 2. The Labute approximate surface area is 185 Å². The van der Waals surface area contributed by atoms with Crippen molar-refractivity contribution >= 4 is 18.3 Å². The van der Waals surface area contributed by atoms with Gasteiger partial charge in [-0.1, -0.05) is 32.0 Å². The molecule has 7 nitrogen and oxygen atoms in total. The Morgan fingerprint density at radius 2 is 2.10 bits per heavy atom. The smallest absolute Gasteiger partial charge is 0.272 e. The van der Waals surface area contributed by atoms with Crippen molar-refractivity contribution in [2.75, 3.05) is 39.3 Å². The van der Waals surface area contributed by atoms with Gasteiger partial charge in [0, 0.05) is 31.4 Å². The van der Waals surface area contributed by atoms with E-state index in [-0.39, 0.29) is 18.3 Å². The van der Waals surface area contributed by atoms with E-state index in [0.29, 0.717) is 24.9 Å². The fourth-order valence-corrected chi connectivity index (χ4v) is 3.60. The molecule has 1 aromatic heterocycles. The van der Waals surface area contributed by atoms with Gasteiger partial charge in [-0.3, -0.25) is 9.48 Å². The standard InChI is InChI=1S/C22H33N5O2.ClH/c1-3-26(4-2)14-15-29-21-10-6-5-8-18(21)16-24-22(28)20-11-13-27(25-20)19-9-7-12-23-17-19;/h5-6,8,10-11,13,19,23H,3-4,7,9,12,14-17H2,1-2H3,(H,24,28);1H. The monoisotopic (exact) mass is 435 g/mol. The number of likely N-dealkylation sites (N-methyl/N-ethyl adjacent to an activating group) is 1. The number of halogens is 1. The first kappa shape index (κ1) is 24.2. The second-order valence-corrected chi connectivity index (χ2v) is 7.35. The molecule has 2 heterocycles. The van der Waals surface area contributed by atoms with Crippen LogP contribution in [0.3, 0.4) is 0 Å². The van der Waals surface area contributed by atoms with Crippen molar-refractivity contribution in [3.63, 3.8) is 0 Å². The first-order valence-electron chi connectivity index (χ1n) is 10.7. The highest BCUT2D eigenvalue weighted by Crippen LogP contribution is 2.18. The number of carbonyl (C=O) groups excluding carboxylic acids is 1. The van der Waals surface area contributed by atoms with Crippen molar-refractivity contribution in [1.29, 1.82) is 0 Å². The van der Waals surface area contributed by atoms with E-state index in [1.54, 1.807) is 6.07 Å². The van der Waals surface area contributed by atoms with Crippen LogP contribution >= 0.6 is 12.4 Å². The number of ether oxygens (including phenoxy) is 1. The molecule has 1 unspecified atom stereocenters. The van der Waals surface area contributed by atoms with Crippen LogP contribution in [0, 0.1) is 0 Å². The van der Waals surface area contributed by atoms with Crippen molar-refractivity contribution in [3.05, 3.63) is 47.8 Å². The van der Waals surface area contributed by atoms with Gasteiger partial charge in [0.05, 0.1) is 6.04 Å². The third-order valence-electron chi connectivity index (χ3n) is 5.46. The lowest BCUT2D eigenvalue weighted by Gasteiger charge is -2.22. The molecule has 1 aliphatic heterocycles. The SMILES string of the molecule is CCN(CC)CCOc1ccccc1CNC(=O)c1ccn(C2CCCNC2)n1.Cl. The summed E-state index contributed by atoms with van der Waals surface area (Å²) in [6.45, 7) is 10.2. The van der Waals surface area contributed by atoms with E-state index in [1.165, 1.54) is 0 Å². The Morgan fingerprint density at radius 3 is 2.83 bits per heavy atom. The van der Waals surface area contributed by atoms with Crippen LogP contribution in [0.15, 0.2) is 36.5 Å². The molecule has 1 saturated heterocycles. The van der Waals surface area contributed by atoms with Crippen LogP contribution in [0.1, 0.15) is 48.8 Å². The van der Waals surface area contributed by atoms with Crippen molar-refractivity contribution in [3.8, 4) is 5.75 Å². The van der Waals surface area contributed by atoms with Gasteiger partial charge in [0.2, 0.25) is 0 Å². The lowest BCUT2D eigenvalue weighted by molar-refractivity contribution is 0.0944. The predicted octanol–water partition coefficient (Wildman–Crippen LogP) is 2.88. The lowest BCUT2D eigenvalue weighted by Crippen LogP contribution is -2.32. The summed E-state index contributed by atoms with van der Waals surface area (Å²) in [7, 11) is 0. The first-order valence-corrected chi connectivity index (χ1v) is 10.7. The molecule has 2 aromatic rings. The van der Waals surface area contributed by atoms with Crippen LogP contribution < -0.4 is 15.4 Å². The summed E-state index contributed by atoms with van der Waals surface area (Å²) in [5.74, 6) is 0.657. The van der Waals surface area contributed by atoms with Crippen molar-refractivity contribution in [2.24, 2.45) is 0 Å². The molecule has 0 radical (unpaired) electrons. The van der Waals surface area contributed by atoms with E-state index in [1.807, 2.05) is 35.1 Å². The number of hydrogen-bond acceptors (Lipinski definition) is 5. The Hall–Kier alpha value is -2.09. The number of hydrogen-bond donors (Lipinski definition) is 2. The minimum Gasteiger partial charge on any atom is -0.492 e. The number of piperidine rings is 1. The van der Waals surface area contributed by atoms with Crippen LogP contribution in [-0.4, -0.2) is 59.9 Å². The number of aromatic nitrogens is 2. The van der Waals surface area contributed by atoms with Crippen LogP contribution in [0.25, 0.3) is 0 Å². The van der Waals surface area contributed by atoms with Gasteiger partial charge in [0.15, 0.2) is 0 Å². The third kappa shape index (κ3) is 6.72. The topological polar surface area (TPSA) is 71.4 Å². The van der Waals surface area contributed by atoms with E-state index < -0.39 is 0 Å². The molecular weight excluding hydrogens is 402 g/mol. The van der Waals surface area contributed by atoms with Gasteiger partial charge < -0.3 is 20.3 Å². The van der Waals surface area contributed by atoms with Gasteiger partial charge in [-0.2, -0.15) is 5.10 Å². The molecule has 30 heavy (non-hydrogen) atoms. The normalized spacial score (nSPS) is 16.2. The van der Waals surface area contributed by atoms with E-state index in [4.69, 9.17) is 4.74 Å². The number of nitrogens with zero attached hydrogens (tertiary/aromatic N) is 3. The zero-order valence-corrected chi connectivity index (χ0v) is 18.8. The highest BCUT2D eigenvalue weighted by molar-refractivity contribution is 5.92. The first-order chi connectivity index (χ1) is 14.2. The Kier molecular flexibility index (Phi) is 10.1. The van der Waals surface area contributed by atoms with E-state index in [9.17, 15) is 4.79 Å². The number of rotatable bonds is 10. The molecule has 1 aliphatic rings. The molecule has 0 spiro atoms. The third-order valence-corrected chi connectivity index (χ3v) is 5.46. The summed E-state index contributed by atoms with van der Waals surface area (Å²) in [4.78, 5) is 14.9. The van der Waals surface area contributed by atoms with E-state index in [2.05, 4.69) is 34.5 Å². The molecule has 2 N–H and O–H groups in total. The molecule has 166 valence electrons. The zero-order valence-electron chi connectivity index (χ0n) is 18.0. The quantitative estimate of drug-likeness (QED) is 0.600. The average Bonchev–Trinajstić information content (AvgIpc) is 3.27. The van der Waals surface area contributed by atoms with Crippen molar-refractivity contribution in [1.82, 2.24) is 25.3 Å². The van der Waals surface area contributed by atoms with Crippen LogP contribution in [-0.2, 0) is 6.54 Å². The zero-order chi connectivity index (χ0) is 20.5. The molecule has 1 fully saturated rings. The minimum atomic E-state index is -0.162. The van der Waals surface area contributed by atoms with Gasteiger partial charge in [-0.15, -0.1) is 12.4 Å². The molecule has 1 amide bonds. The summed E-state index contributed by atoms with van der Waals surface area (Å²) >= 11 is 0. The van der Waals surface area contributed by atoms with Crippen LogP contribution in [0.2, 0.25) is 0 Å². The number of carbonyl (C=O) groups is 1. The van der Waals surface area contributed by atoms with Crippen LogP contribution in [0.4, 0.5) is 0 Å². The van der Waals surface area contributed by atoms with Crippen molar-refractivity contribution < 1.29 is 9.53 Å². The van der Waals surface area contributed by atoms with Crippen LogP contribution in [0.5, 0.6) is 5.75 Å². The number of amides is 1. The molecule has 1 aromatic carbocycles. The molecular formula is C22H34ClN5O2. The van der Waals surface area contributed by atoms with Gasteiger partial charge in [-0.05, 0) is 44.6 Å². The largest absolute Gasteiger partial charge is 0.492 e. The van der Waals surface area contributed by atoms with Gasteiger partial charge in [-0.25, -0.2) is 0 Å². The molecule has 3 rings (SSSR count). The summed E-state index contributed by atoms with van der Waals surface area (Å²) in [5, 5.41) is 10.8. The molecule has 0 aliphatic carbocycles. The summed E-state index contributed by atoms with van der Waals surface area (Å²) < 4.78 is 7.88. The summed E-state index contributed by atoms with van der Waals surface area (Å²) in [6.07, 6.45) is 4.13. The predicted molar refractivity (Wildman–Crippen MR) is 122 cm³/mol. The maximum atomic E-state index is 12.6. The highest BCUT2D eigenvalue weighted by atomic mass is 35.5. The maximum Gasteiger partial charge on any atom is 0.272 e. The van der Waals surface area contributed by atoms with Gasteiger partial charge in [0.1, 0.15) is 18.1 Å². The van der Waals surface area contributed by atoms with Crippen molar-refractivity contribution in [2.45, 2.75) is 39.3 Å². The van der Waals surface area contributed by atoms with Gasteiger partial charge >= 0.3 is 0 Å². The Morgan fingerprint density at radius 1 is 1.30 bits per heavy atom. The number of para-hydroxylation sites is 1. The fraction of sp³-hybridized carbons (Fsp3) is 0.545. The lowest BCUT2D eigenvalue weighted by atomic mass is 10.1. The minimum absolute atomic E-state index is 0. The maximum absolute atomic E-state index is 12.6. The highest BCUT2D eigenvalue weighted by Gasteiger charge is 2.18. The fourth-order valence-electron chi connectivity index (χ4n) is 3.60. The van der Waals surface area contributed by atoms with E-state index >= 15 is 0 Å².